The van der Waals surface area contributed by atoms with Gasteiger partial charge in [-0.3, -0.25) is 0 Å². The Bertz CT molecular complexity index is 262. The van der Waals surface area contributed by atoms with E-state index in [-0.39, 0.29) is 23.9 Å². The molecule has 0 radical (unpaired) electrons. The second kappa shape index (κ2) is 4.45. The van der Waals surface area contributed by atoms with Crippen LogP contribution in [0.3, 0.4) is 0 Å². The molecule has 13 heavy (non-hydrogen) atoms. The van der Waals surface area contributed by atoms with Crippen molar-refractivity contribution in [3.8, 4) is 0 Å². The fraction of sp³-hybridized carbons (Fsp3) is 0.600. The zero-order valence-electron chi connectivity index (χ0n) is 8.63. The van der Waals surface area contributed by atoms with Gasteiger partial charge >= 0.3 is 0 Å². The van der Waals surface area contributed by atoms with E-state index < -0.39 is 0 Å². The number of thiophene rings is 1. The van der Waals surface area contributed by atoms with E-state index in [1.54, 1.807) is 11.3 Å². The van der Waals surface area contributed by atoms with Crippen molar-refractivity contribution in [2.24, 2.45) is 11.1 Å². The molecular weight excluding hydrogens is 202 g/mol. The van der Waals surface area contributed by atoms with Gasteiger partial charge < -0.3 is 5.73 Å². The van der Waals surface area contributed by atoms with Gasteiger partial charge in [-0.2, -0.15) is 0 Å². The standard InChI is InChI=1S/C10H17NS.ClH/c1-7-5-6-8(12-7)9(11)10(2,3)4;/h5-6,9H,11H2,1-4H3;1H/t9-;/m1./s1. The van der Waals surface area contributed by atoms with Gasteiger partial charge in [0.1, 0.15) is 0 Å². The average molecular weight is 220 g/mol. The van der Waals surface area contributed by atoms with Crippen molar-refractivity contribution in [1.82, 2.24) is 0 Å². The molecule has 0 saturated carbocycles. The number of hydrogen-bond donors (Lipinski definition) is 1. The second-order valence-electron chi connectivity index (χ2n) is 4.29. The summed E-state index contributed by atoms with van der Waals surface area (Å²) in [5.74, 6) is 0. The molecule has 0 aliphatic carbocycles. The first kappa shape index (κ1) is 12.9. The quantitative estimate of drug-likeness (QED) is 0.769. The Balaban J connectivity index is 0.00000144. The molecule has 1 atom stereocenters. The molecule has 0 spiro atoms. The van der Waals surface area contributed by atoms with Crippen LogP contribution in [-0.2, 0) is 0 Å². The zero-order valence-corrected chi connectivity index (χ0v) is 10.3. The van der Waals surface area contributed by atoms with E-state index in [2.05, 4.69) is 39.8 Å². The van der Waals surface area contributed by atoms with Crippen LogP contribution in [0.25, 0.3) is 0 Å². The summed E-state index contributed by atoms with van der Waals surface area (Å²) in [7, 11) is 0. The first-order chi connectivity index (χ1) is 5.41. The van der Waals surface area contributed by atoms with Gasteiger partial charge in [-0.25, -0.2) is 0 Å². The fourth-order valence-corrected chi connectivity index (χ4v) is 2.17. The third-order valence-electron chi connectivity index (χ3n) is 2.00. The maximum absolute atomic E-state index is 6.10. The minimum Gasteiger partial charge on any atom is -0.323 e. The van der Waals surface area contributed by atoms with Crippen molar-refractivity contribution >= 4 is 23.7 Å². The summed E-state index contributed by atoms with van der Waals surface area (Å²) in [4.78, 5) is 2.63. The molecule has 3 heteroatoms. The van der Waals surface area contributed by atoms with E-state index in [0.717, 1.165) is 0 Å². The van der Waals surface area contributed by atoms with E-state index in [0.29, 0.717) is 0 Å². The highest BCUT2D eigenvalue weighted by molar-refractivity contribution is 7.12. The van der Waals surface area contributed by atoms with Crippen LogP contribution in [0, 0.1) is 12.3 Å². The van der Waals surface area contributed by atoms with Crippen LogP contribution in [-0.4, -0.2) is 0 Å². The van der Waals surface area contributed by atoms with Gasteiger partial charge in [0, 0.05) is 15.8 Å². The third-order valence-corrected chi connectivity index (χ3v) is 3.08. The smallest absolute Gasteiger partial charge is 0.0439 e. The van der Waals surface area contributed by atoms with Crippen LogP contribution in [0.1, 0.15) is 36.6 Å². The Morgan fingerprint density at radius 1 is 1.31 bits per heavy atom. The minimum atomic E-state index is 0. The van der Waals surface area contributed by atoms with Crippen molar-refractivity contribution in [3.05, 3.63) is 21.9 Å². The second-order valence-corrected chi connectivity index (χ2v) is 5.61. The minimum absolute atomic E-state index is 0. The lowest BCUT2D eigenvalue weighted by molar-refractivity contribution is 0.331. The Morgan fingerprint density at radius 2 is 1.85 bits per heavy atom. The topological polar surface area (TPSA) is 26.0 Å². The highest BCUT2D eigenvalue weighted by Gasteiger charge is 2.23. The number of rotatable bonds is 1. The summed E-state index contributed by atoms with van der Waals surface area (Å²) >= 11 is 1.80. The van der Waals surface area contributed by atoms with Gasteiger partial charge in [0.25, 0.3) is 0 Å². The van der Waals surface area contributed by atoms with Crippen molar-refractivity contribution < 1.29 is 0 Å². The first-order valence-electron chi connectivity index (χ1n) is 4.23. The summed E-state index contributed by atoms with van der Waals surface area (Å²) in [5, 5.41) is 0. The summed E-state index contributed by atoms with van der Waals surface area (Å²) < 4.78 is 0. The Kier molecular flexibility index (Phi) is 4.43. The maximum atomic E-state index is 6.10. The molecule has 0 fully saturated rings. The molecule has 0 aromatic carbocycles. The molecule has 1 heterocycles. The molecule has 0 bridgehead atoms. The molecule has 1 aromatic heterocycles. The van der Waals surface area contributed by atoms with Crippen LogP contribution >= 0.6 is 23.7 Å². The molecule has 2 N–H and O–H groups in total. The highest BCUT2D eigenvalue weighted by Crippen LogP contribution is 2.33. The predicted octanol–water partition coefficient (Wildman–Crippen LogP) is 3.52. The van der Waals surface area contributed by atoms with Crippen LogP contribution < -0.4 is 5.73 Å². The number of halogens is 1. The fourth-order valence-electron chi connectivity index (χ4n) is 1.05. The summed E-state index contributed by atoms with van der Waals surface area (Å²) in [6.45, 7) is 8.63. The molecule has 0 aliphatic rings. The summed E-state index contributed by atoms with van der Waals surface area (Å²) in [6, 6.07) is 4.43. The number of nitrogens with two attached hydrogens (primary N) is 1. The lowest BCUT2D eigenvalue weighted by Gasteiger charge is -2.25. The molecule has 76 valence electrons. The van der Waals surface area contributed by atoms with Gasteiger partial charge in [0.05, 0.1) is 0 Å². The highest BCUT2D eigenvalue weighted by atomic mass is 35.5. The van der Waals surface area contributed by atoms with Crippen molar-refractivity contribution in [3.63, 3.8) is 0 Å². The first-order valence-corrected chi connectivity index (χ1v) is 5.05. The van der Waals surface area contributed by atoms with Gasteiger partial charge in [0.2, 0.25) is 0 Å². The maximum Gasteiger partial charge on any atom is 0.0439 e. The van der Waals surface area contributed by atoms with E-state index >= 15 is 0 Å². The molecule has 1 rings (SSSR count). The van der Waals surface area contributed by atoms with Crippen molar-refractivity contribution in [2.75, 3.05) is 0 Å². The van der Waals surface area contributed by atoms with E-state index in [9.17, 15) is 0 Å². The lowest BCUT2D eigenvalue weighted by Crippen LogP contribution is -2.25. The normalized spacial score (nSPS) is 13.6. The van der Waals surface area contributed by atoms with Crippen LogP contribution in [0.5, 0.6) is 0 Å². The molecule has 0 saturated heterocycles. The average Bonchev–Trinajstić information content (AvgIpc) is 2.32. The van der Waals surface area contributed by atoms with Crippen LogP contribution in [0.2, 0.25) is 0 Å². The molecule has 1 nitrogen and oxygen atoms in total. The summed E-state index contributed by atoms with van der Waals surface area (Å²) in [5.41, 5.74) is 6.26. The lowest BCUT2D eigenvalue weighted by atomic mass is 9.87. The molecule has 1 aromatic rings. The van der Waals surface area contributed by atoms with Crippen molar-refractivity contribution in [2.45, 2.75) is 33.7 Å². The SMILES string of the molecule is Cc1ccc([C@@H](N)C(C)(C)C)s1.Cl. The largest absolute Gasteiger partial charge is 0.323 e. The molecular formula is C10H18ClNS. The number of hydrogen-bond acceptors (Lipinski definition) is 2. The van der Waals surface area contributed by atoms with E-state index in [1.807, 2.05) is 0 Å². The summed E-state index contributed by atoms with van der Waals surface area (Å²) in [6.07, 6.45) is 0. The Hall–Kier alpha value is -0.0500. The van der Waals surface area contributed by atoms with Gasteiger partial charge in [-0.15, -0.1) is 23.7 Å². The predicted molar refractivity (Wildman–Crippen MR) is 62.7 cm³/mol. The zero-order chi connectivity index (χ0) is 9.35. The Labute approximate surface area is 90.8 Å². The van der Waals surface area contributed by atoms with Gasteiger partial charge in [-0.1, -0.05) is 20.8 Å². The molecule has 0 aliphatic heterocycles. The monoisotopic (exact) mass is 219 g/mol. The number of aryl methyl sites for hydroxylation is 1. The van der Waals surface area contributed by atoms with E-state index in [1.165, 1.54) is 9.75 Å². The van der Waals surface area contributed by atoms with Crippen molar-refractivity contribution in [1.29, 1.82) is 0 Å². The Morgan fingerprint density at radius 3 is 2.15 bits per heavy atom. The van der Waals surface area contributed by atoms with E-state index in [4.69, 9.17) is 5.73 Å². The van der Waals surface area contributed by atoms with Crippen LogP contribution in [0.15, 0.2) is 12.1 Å². The van der Waals surface area contributed by atoms with Crippen LogP contribution in [0.4, 0.5) is 0 Å². The third kappa shape index (κ3) is 3.29. The molecule has 0 amide bonds. The van der Waals surface area contributed by atoms with Gasteiger partial charge in [0.15, 0.2) is 0 Å². The van der Waals surface area contributed by atoms with Gasteiger partial charge in [-0.05, 0) is 24.5 Å². The molecule has 0 unspecified atom stereocenters.